The molecule has 0 saturated carbocycles. The molecular formula is C18H23F3N2O3. The van der Waals surface area contributed by atoms with E-state index in [9.17, 15) is 23.1 Å². The first-order valence-electron chi connectivity index (χ1n) is 8.30. The molecule has 1 heterocycles. The number of hydrazone groups is 1. The number of aliphatic hydroxyl groups is 1. The second kappa shape index (κ2) is 6.90. The summed E-state index contributed by atoms with van der Waals surface area (Å²) < 4.78 is 45.0. The number of carbonyl (C=O) groups is 1. The molecule has 5 nitrogen and oxygen atoms in total. The summed E-state index contributed by atoms with van der Waals surface area (Å²) in [5.74, 6) is -0.714. The number of carbonyl (C=O) groups excluding carboxylic acids is 1. The first kappa shape index (κ1) is 20.2. The smallest absolute Gasteiger partial charge is 0.438 e. The third-order valence-electron chi connectivity index (χ3n) is 4.22. The van der Waals surface area contributed by atoms with Crippen molar-refractivity contribution in [2.24, 2.45) is 5.10 Å². The molecule has 1 aromatic rings. The van der Waals surface area contributed by atoms with E-state index in [4.69, 9.17) is 4.74 Å². The van der Waals surface area contributed by atoms with E-state index in [1.807, 2.05) is 32.9 Å². The zero-order chi connectivity index (χ0) is 19.8. The summed E-state index contributed by atoms with van der Waals surface area (Å²) >= 11 is 0. The molecular weight excluding hydrogens is 349 g/mol. The van der Waals surface area contributed by atoms with Crippen LogP contribution >= 0.6 is 0 Å². The van der Waals surface area contributed by atoms with E-state index in [1.165, 1.54) is 0 Å². The average Bonchev–Trinajstić information content (AvgIpc) is 2.90. The topological polar surface area (TPSA) is 62.1 Å². The van der Waals surface area contributed by atoms with Gasteiger partial charge in [-0.15, -0.1) is 0 Å². The second-order valence-electron chi connectivity index (χ2n) is 7.28. The molecule has 1 N–H and O–H groups in total. The molecule has 0 saturated heterocycles. The van der Waals surface area contributed by atoms with Gasteiger partial charge in [-0.05, 0) is 29.5 Å². The highest BCUT2D eigenvalue weighted by atomic mass is 19.4. The normalized spacial score (nSPS) is 20.9. The fraction of sp³-hybridized carbons (Fsp3) is 0.556. The number of ether oxygens (including phenoxy) is 1. The Labute approximate surface area is 150 Å². The van der Waals surface area contributed by atoms with Crippen molar-refractivity contribution in [3.63, 3.8) is 0 Å². The SMILES string of the molecule is CCC1=NN(C(=O)COc2ccc(C(C)(C)C)cc2)[C@@](O)(C(F)(F)F)C1. The third kappa shape index (κ3) is 4.00. The molecule has 0 aromatic heterocycles. The lowest BCUT2D eigenvalue weighted by atomic mass is 9.87. The molecule has 26 heavy (non-hydrogen) atoms. The van der Waals surface area contributed by atoms with Crippen LogP contribution in [0.15, 0.2) is 29.4 Å². The van der Waals surface area contributed by atoms with Gasteiger partial charge in [0.1, 0.15) is 5.75 Å². The zero-order valence-corrected chi connectivity index (χ0v) is 15.2. The molecule has 0 bridgehead atoms. The minimum absolute atomic E-state index is 0.0572. The zero-order valence-electron chi connectivity index (χ0n) is 15.2. The molecule has 0 radical (unpaired) electrons. The molecule has 1 amide bonds. The lowest BCUT2D eigenvalue weighted by molar-refractivity contribution is -0.302. The Morgan fingerprint density at radius 1 is 1.27 bits per heavy atom. The molecule has 1 aliphatic rings. The van der Waals surface area contributed by atoms with Crippen LogP contribution in [0.3, 0.4) is 0 Å². The van der Waals surface area contributed by atoms with Crippen LogP contribution in [-0.4, -0.2) is 40.2 Å². The summed E-state index contributed by atoms with van der Waals surface area (Å²) in [6, 6.07) is 6.95. The highest BCUT2D eigenvalue weighted by Gasteiger charge is 2.62. The van der Waals surface area contributed by atoms with Gasteiger partial charge in [-0.1, -0.05) is 39.8 Å². The lowest BCUT2D eigenvalue weighted by Gasteiger charge is -2.32. The fourth-order valence-corrected chi connectivity index (χ4v) is 2.55. The van der Waals surface area contributed by atoms with Gasteiger partial charge in [0.05, 0.1) is 0 Å². The Bertz CT molecular complexity index is 693. The number of halogens is 3. The van der Waals surface area contributed by atoms with Gasteiger partial charge < -0.3 is 9.84 Å². The van der Waals surface area contributed by atoms with Gasteiger partial charge in [-0.3, -0.25) is 4.79 Å². The van der Waals surface area contributed by atoms with Crippen LogP contribution in [0, 0.1) is 0 Å². The Morgan fingerprint density at radius 3 is 2.31 bits per heavy atom. The Morgan fingerprint density at radius 2 is 1.85 bits per heavy atom. The lowest BCUT2D eigenvalue weighted by Crippen LogP contribution is -2.57. The summed E-state index contributed by atoms with van der Waals surface area (Å²) in [5.41, 5.74) is -2.22. The van der Waals surface area contributed by atoms with E-state index < -0.39 is 30.8 Å². The quantitative estimate of drug-likeness (QED) is 0.878. The van der Waals surface area contributed by atoms with Crippen LogP contribution in [0.1, 0.15) is 46.1 Å². The van der Waals surface area contributed by atoms with Gasteiger partial charge in [0.2, 0.25) is 0 Å². The maximum atomic E-state index is 13.2. The summed E-state index contributed by atoms with van der Waals surface area (Å²) in [6.07, 6.45) is -5.56. The van der Waals surface area contributed by atoms with Crippen molar-refractivity contribution in [1.29, 1.82) is 0 Å². The largest absolute Gasteiger partial charge is 0.484 e. The minimum Gasteiger partial charge on any atom is -0.484 e. The second-order valence-corrected chi connectivity index (χ2v) is 7.28. The predicted molar refractivity (Wildman–Crippen MR) is 90.8 cm³/mol. The number of rotatable bonds is 4. The molecule has 1 aromatic carbocycles. The number of hydrogen-bond donors (Lipinski definition) is 1. The van der Waals surface area contributed by atoms with Crippen LogP contribution in [-0.2, 0) is 10.2 Å². The minimum atomic E-state index is -5.02. The Hall–Kier alpha value is -2.09. The standard InChI is InChI=1S/C18H23F3N2O3/c1-5-13-10-17(25,18(19,20)21)23(22-13)15(24)11-26-14-8-6-12(7-9-14)16(2,3)4/h6-9,25H,5,10-11H2,1-4H3/t17-/m0/s1. The average molecular weight is 372 g/mol. The molecule has 0 fully saturated rings. The summed E-state index contributed by atoms with van der Waals surface area (Å²) in [5, 5.41) is 13.7. The molecule has 1 aliphatic heterocycles. The van der Waals surface area contributed by atoms with Gasteiger partial charge in [0.25, 0.3) is 11.6 Å². The van der Waals surface area contributed by atoms with Gasteiger partial charge in [0, 0.05) is 12.1 Å². The molecule has 8 heteroatoms. The number of benzene rings is 1. The van der Waals surface area contributed by atoms with Crippen molar-refractivity contribution in [2.75, 3.05) is 6.61 Å². The molecule has 0 unspecified atom stereocenters. The van der Waals surface area contributed by atoms with E-state index in [1.54, 1.807) is 19.1 Å². The Balaban J connectivity index is 2.10. The number of amides is 1. The highest BCUT2D eigenvalue weighted by molar-refractivity contribution is 5.90. The van der Waals surface area contributed by atoms with Crippen molar-refractivity contribution < 1.29 is 27.8 Å². The summed E-state index contributed by atoms with van der Waals surface area (Å²) in [4.78, 5) is 12.2. The third-order valence-corrected chi connectivity index (χ3v) is 4.22. The Kier molecular flexibility index (Phi) is 5.37. The monoisotopic (exact) mass is 372 g/mol. The predicted octanol–water partition coefficient (Wildman–Crippen LogP) is 3.61. The van der Waals surface area contributed by atoms with Gasteiger partial charge in [-0.2, -0.15) is 23.3 Å². The maximum Gasteiger partial charge on any atom is 0.438 e. The van der Waals surface area contributed by atoms with Crippen LogP contribution in [0.2, 0.25) is 0 Å². The van der Waals surface area contributed by atoms with Gasteiger partial charge >= 0.3 is 6.18 Å². The van der Waals surface area contributed by atoms with Crippen molar-refractivity contribution >= 4 is 11.6 Å². The molecule has 2 rings (SSSR count). The summed E-state index contributed by atoms with van der Waals surface area (Å²) in [7, 11) is 0. The molecule has 144 valence electrons. The first-order chi connectivity index (χ1) is 11.9. The molecule has 0 spiro atoms. The van der Waals surface area contributed by atoms with Crippen molar-refractivity contribution in [3.8, 4) is 5.75 Å². The maximum absolute atomic E-state index is 13.2. The summed E-state index contributed by atoms with van der Waals surface area (Å²) in [6.45, 7) is 7.08. The van der Waals surface area contributed by atoms with Crippen molar-refractivity contribution in [2.45, 2.75) is 57.9 Å². The number of nitrogens with zero attached hydrogens (tertiary/aromatic N) is 2. The van der Waals surface area contributed by atoms with Crippen LogP contribution in [0.5, 0.6) is 5.75 Å². The van der Waals surface area contributed by atoms with Crippen molar-refractivity contribution in [3.05, 3.63) is 29.8 Å². The van der Waals surface area contributed by atoms with E-state index >= 15 is 0 Å². The fourth-order valence-electron chi connectivity index (χ4n) is 2.55. The first-order valence-corrected chi connectivity index (χ1v) is 8.30. The van der Waals surface area contributed by atoms with Crippen LogP contribution < -0.4 is 4.74 Å². The number of hydrogen-bond acceptors (Lipinski definition) is 4. The number of alkyl halides is 3. The van der Waals surface area contributed by atoms with E-state index in [-0.39, 0.29) is 22.6 Å². The van der Waals surface area contributed by atoms with Gasteiger partial charge in [-0.25, -0.2) is 0 Å². The molecule has 1 atom stereocenters. The van der Waals surface area contributed by atoms with Crippen molar-refractivity contribution in [1.82, 2.24) is 5.01 Å². The van der Waals surface area contributed by atoms with Gasteiger partial charge in [0.15, 0.2) is 6.61 Å². The van der Waals surface area contributed by atoms with Crippen LogP contribution in [0.25, 0.3) is 0 Å². The van der Waals surface area contributed by atoms with Crippen LogP contribution in [0.4, 0.5) is 13.2 Å². The highest BCUT2D eigenvalue weighted by Crippen LogP contribution is 2.40. The molecule has 0 aliphatic carbocycles. The van der Waals surface area contributed by atoms with E-state index in [0.29, 0.717) is 5.75 Å². The van der Waals surface area contributed by atoms with E-state index in [2.05, 4.69) is 5.10 Å². The van der Waals surface area contributed by atoms with E-state index in [0.717, 1.165) is 5.56 Å².